The Bertz CT molecular complexity index is 935. The van der Waals surface area contributed by atoms with Gasteiger partial charge in [-0.3, -0.25) is 9.59 Å². The first-order chi connectivity index (χ1) is 29.0. The zero-order chi connectivity index (χ0) is 43.1. The highest BCUT2D eigenvalue weighted by Gasteiger charge is 2.24. The summed E-state index contributed by atoms with van der Waals surface area (Å²) in [6.07, 6.45) is 53.9. The summed E-state index contributed by atoms with van der Waals surface area (Å²) in [5.74, 6) is -0.496. The van der Waals surface area contributed by atoms with Gasteiger partial charge in [0, 0.05) is 6.42 Å². The molecule has 0 saturated carbocycles. The van der Waals surface area contributed by atoms with E-state index in [1.807, 2.05) is 0 Å². The molecule has 0 aromatic rings. The largest absolute Gasteiger partial charge is 0.462 e. The van der Waals surface area contributed by atoms with Crippen molar-refractivity contribution in [3.8, 4) is 0 Å². The fourth-order valence-corrected chi connectivity index (χ4v) is 8.01. The highest BCUT2D eigenvalue weighted by atomic mass is 16.5. The van der Waals surface area contributed by atoms with Gasteiger partial charge < -0.3 is 20.3 Å². The first-order valence-corrected chi connectivity index (χ1v) is 26.1. The monoisotopic (exact) mass is 832 g/mol. The fraction of sp³-hybridized carbons (Fsp3) is 0.887. The molecule has 0 heterocycles. The summed E-state index contributed by atoms with van der Waals surface area (Å²) in [6.45, 7) is 6.46. The van der Waals surface area contributed by atoms with Crippen molar-refractivity contribution in [2.24, 2.45) is 0 Å². The Hall–Kier alpha value is -1.66. The first kappa shape index (κ1) is 57.3. The number of unbranched alkanes of at least 4 members (excludes halogenated alkanes) is 31. The van der Waals surface area contributed by atoms with Crippen LogP contribution < -0.4 is 5.32 Å². The third-order valence-electron chi connectivity index (χ3n) is 12.0. The number of amides is 1. The fourth-order valence-electron chi connectivity index (χ4n) is 8.01. The molecule has 348 valence electrons. The molecular formula is C53H101NO5. The lowest BCUT2D eigenvalue weighted by molar-refractivity contribution is -0.151. The van der Waals surface area contributed by atoms with E-state index < -0.39 is 18.2 Å². The van der Waals surface area contributed by atoms with E-state index in [1.54, 1.807) is 0 Å². The Morgan fingerprint density at radius 3 is 1.24 bits per heavy atom. The van der Waals surface area contributed by atoms with E-state index >= 15 is 0 Å². The van der Waals surface area contributed by atoms with Crippen molar-refractivity contribution in [1.82, 2.24) is 5.32 Å². The minimum atomic E-state index is -0.789. The number of aliphatic hydroxyl groups is 2. The molecule has 0 aliphatic rings. The van der Waals surface area contributed by atoms with Gasteiger partial charge in [0.05, 0.1) is 25.2 Å². The quantitative estimate of drug-likeness (QED) is 0.0322. The van der Waals surface area contributed by atoms with Gasteiger partial charge in [0.2, 0.25) is 5.91 Å². The Balaban J connectivity index is 4.49. The molecule has 6 heteroatoms. The van der Waals surface area contributed by atoms with Crippen molar-refractivity contribution in [3.63, 3.8) is 0 Å². The lowest BCUT2D eigenvalue weighted by Crippen LogP contribution is -2.46. The predicted molar refractivity (Wildman–Crippen MR) is 255 cm³/mol. The summed E-state index contributed by atoms with van der Waals surface area (Å²) in [7, 11) is 0. The lowest BCUT2D eigenvalue weighted by Gasteiger charge is -2.24. The molecule has 3 N–H and O–H groups in total. The van der Waals surface area contributed by atoms with E-state index in [1.165, 1.54) is 173 Å². The first-order valence-electron chi connectivity index (χ1n) is 26.1. The Labute approximate surface area is 367 Å². The molecule has 0 saturated heterocycles. The lowest BCUT2D eigenvalue weighted by atomic mass is 10.0. The maximum absolute atomic E-state index is 13.2. The molecule has 59 heavy (non-hydrogen) atoms. The molecular weight excluding hydrogens is 731 g/mol. The van der Waals surface area contributed by atoms with Gasteiger partial charge in [-0.05, 0) is 70.6 Å². The number of hydrogen-bond donors (Lipinski definition) is 3. The summed E-state index contributed by atoms with van der Waals surface area (Å²) >= 11 is 0. The minimum Gasteiger partial charge on any atom is -0.462 e. The molecule has 0 rings (SSSR count). The van der Waals surface area contributed by atoms with Crippen molar-refractivity contribution in [1.29, 1.82) is 0 Å². The van der Waals surface area contributed by atoms with Crippen LogP contribution in [0.25, 0.3) is 0 Å². The second-order valence-electron chi connectivity index (χ2n) is 17.9. The molecule has 3 unspecified atom stereocenters. The number of allylic oxidation sites excluding steroid dienone is 4. The number of nitrogens with one attached hydrogen (secondary N) is 1. The van der Waals surface area contributed by atoms with Gasteiger partial charge in [0.1, 0.15) is 6.10 Å². The van der Waals surface area contributed by atoms with Crippen LogP contribution in [-0.4, -0.2) is 46.9 Å². The van der Waals surface area contributed by atoms with E-state index in [0.717, 1.165) is 57.8 Å². The third-order valence-corrected chi connectivity index (χ3v) is 12.0. The molecule has 0 aliphatic heterocycles. The third kappa shape index (κ3) is 42.8. The maximum Gasteiger partial charge on any atom is 0.306 e. The number of esters is 1. The molecule has 0 radical (unpaired) electrons. The summed E-state index contributed by atoms with van der Waals surface area (Å²) in [6, 6.07) is -0.704. The summed E-state index contributed by atoms with van der Waals surface area (Å²) < 4.78 is 5.91. The molecule has 0 spiro atoms. The molecule has 0 aromatic heterocycles. The van der Waals surface area contributed by atoms with Gasteiger partial charge in [-0.1, -0.05) is 218 Å². The highest BCUT2D eigenvalue weighted by molar-refractivity contribution is 5.77. The van der Waals surface area contributed by atoms with Crippen molar-refractivity contribution >= 4 is 11.9 Å². The predicted octanol–water partition coefficient (Wildman–Crippen LogP) is 15.5. The number of rotatable bonds is 47. The summed E-state index contributed by atoms with van der Waals surface area (Å²) in [4.78, 5) is 26.1. The standard InChI is InChI=1S/C53H101NO5/c1-4-7-10-13-16-19-21-23-24-25-26-27-28-29-31-34-37-40-43-46-53(58)59-49(44-41-38-35-33-30-22-20-17-14-11-8-5-2)47-52(57)54-50(48-55)51(56)45-42-39-36-32-18-15-12-9-6-3/h23-24,33,35,49-51,55-56H,4-22,25-32,34,36-48H2,1-3H3,(H,54,57)/b24-23+,35-33-. The van der Waals surface area contributed by atoms with Crippen LogP contribution >= 0.6 is 0 Å². The van der Waals surface area contributed by atoms with Crippen LogP contribution in [-0.2, 0) is 14.3 Å². The van der Waals surface area contributed by atoms with Gasteiger partial charge >= 0.3 is 5.97 Å². The van der Waals surface area contributed by atoms with Crippen LogP contribution in [0.15, 0.2) is 24.3 Å². The van der Waals surface area contributed by atoms with Gasteiger partial charge in [0.25, 0.3) is 0 Å². The van der Waals surface area contributed by atoms with Crippen LogP contribution in [0.3, 0.4) is 0 Å². The van der Waals surface area contributed by atoms with E-state index in [0.29, 0.717) is 19.3 Å². The SMILES string of the molecule is CCCCCCCC/C=C/CCCCCCCCCCCC(=O)OC(CCC/C=C\CCCCCCCCC)CC(=O)NC(CO)C(O)CCCCCCCCCCC. The number of aliphatic hydroxyl groups excluding tert-OH is 2. The normalized spacial score (nSPS) is 13.4. The maximum atomic E-state index is 13.2. The van der Waals surface area contributed by atoms with Crippen molar-refractivity contribution in [3.05, 3.63) is 24.3 Å². The average Bonchev–Trinajstić information content (AvgIpc) is 3.23. The molecule has 6 nitrogen and oxygen atoms in total. The van der Waals surface area contributed by atoms with Crippen LogP contribution in [0.5, 0.6) is 0 Å². The second-order valence-corrected chi connectivity index (χ2v) is 17.9. The number of carbonyl (C=O) groups is 2. The molecule has 0 aliphatic carbocycles. The van der Waals surface area contributed by atoms with Gasteiger partial charge in [-0.15, -0.1) is 0 Å². The van der Waals surface area contributed by atoms with Crippen LogP contribution in [0.2, 0.25) is 0 Å². The van der Waals surface area contributed by atoms with E-state index in [2.05, 4.69) is 50.4 Å². The van der Waals surface area contributed by atoms with Gasteiger partial charge in [-0.2, -0.15) is 0 Å². The van der Waals surface area contributed by atoms with Gasteiger partial charge in [0.15, 0.2) is 0 Å². The van der Waals surface area contributed by atoms with Crippen LogP contribution in [0.1, 0.15) is 278 Å². The van der Waals surface area contributed by atoms with Crippen molar-refractivity contribution < 1.29 is 24.5 Å². The summed E-state index contributed by atoms with van der Waals surface area (Å²) in [5, 5.41) is 23.6. The molecule has 3 atom stereocenters. The Kier molecular flexibility index (Phi) is 46.1. The minimum absolute atomic E-state index is 0.0597. The number of hydrogen-bond acceptors (Lipinski definition) is 5. The van der Waals surface area contributed by atoms with Crippen molar-refractivity contribution in [2.75, 3.05) is 6.61 Å². The van der Waals surface area contributed by atoms with Crippen LogP contribution in [0, 0.1) is 0 Å². The Morgan fingerprint density at radius 2 is 0.831 bits per heavy atom. The average molecular weight is 832 g/mol. The molecule has 0 aromatic carbocycles. The van der Waals surface area contributed by atoms with E-state index in [9.17, 15) is 19.8 Å². The van der Waals surface area contributed by atoms with Crippen molar-refractivity contribution in [2.45, 2.75) is 296 Å². The topological polar surface area (TPSA) is 95.9 Å². The molecule has 0 fully saturated rings. The number of carbonyl (C=O) groups excluding carboxylic acids is 2. The zero-order valence-corrected chi connectivity index (χ0v) is 39.7. The van der Waals surface area contributed by atoms with Crippen LogP contribution in [0.4, 0.5) is 0 Å². The number of ether oxygens (including phenoxy) is 1. The highest BCUT2D eigenvalue weighted by Crippen LogP contribution is 2.17. The second kappa shape index (κ2) is 47.4. The van der Waals surface area contributed by atoms with Gasteiger partial charge in [-0.25, -0.2) is 0 Å². The summed E-state index contributed by atoms with van der Waals surface area (Å²) in [5.41, 5.74) is 0. The zero-order valence-electron chi connectivity index (χ0n) is 39.7. The Morgan fingerprint density at radius 1 is 0.475 bits per heavy atom. The smallest absolute Gasteiger partial charge is 0.306 e. The molecule has 1 amide bonds. The van der Waals surface area contributed by atoms with E-state index in [4.69, 9.17) is 4.74 Å². The van der Waals surface area contributed by atoms with E-state index in [-0.39, 0.29) is 24.9 Å². The molecule has 0 bridgehead atoms.